The molecule has 0 aliphatic heterocycles. The molecule has 1 unspecified atom stereocenters. The molecule has 106 valence electrons. The van der Waals surface area contributed by atoms with E-state index in [0.29, 0.717) is 22.0 Å². The summed E-state index contributed by atoms with van der Waals surface area (Å²) in [6.45, 7) is 1.60. The number of nitrogens with one attached hydrogen (secondary N) is 1. The van der Waals surface area contributed by atoms with E-state index >= 15 is 0 Å². The molecular formula is C15H12ClN3O2. The van der Waals surface area contributed by atoms with Gasteiger partial charge in [-0.2, -0.15) is 5.26 Å². The average molecular weight is 302 g/mol. The third-order valence-corrected chi connectivity index (χ3v) is 2.87. The number of benzene rings is 1. The van der Waals surface area contributed by atoms with E-state index < -0.39 is 6.10 Å². The molecule has 0 saturated carbocycles. The lowest BCUT2D eigenvalue weighted by atomic mass is 10.2. The normalized spacial score (nSPS) is 11.3. The molecule has 6 heteroatoms. The van der Waals surface area contributed by atoms with Crippen LogP contribution in [0.3, 0.4) is 0 Å². The van der Waals surface area contributed by atoms with Crippen molar-refractivity contribution in [1.82, 2.24) is 4.98 Å². The molecule has 0 spiro atoms. The van der Waals surface area contributed by atoms with Crippen molar-refractivity contribution in [1.29, 1.82) is 5.26 Å². The standard InChI is InChI=1S/C15H12ClN3O2/c1-10(21-13-6-12(16)8-18-9-13)15(20)19-14-5-3-2-4-11(14)7-17/h2-6,8-10H,1H3,(H,19,20). The number of rotatable bonds is 4. The van der Waals surface area contributed by atoms with Gasteiger partial charge in [0.25, 0.3) is 5.91 Å². The van der Waals surface area contributed by atoms with Gasteiger partial charge in [-0.15, -0.1) is 0 Å². The number of hydrogen-bond donors (Lipinski definition) is 1. The van der Waals surface area contributed by atoms with Crippen molar-refractivity contribution in [3.05, 3.63) is 53.3 Å². The van der Waals surface area contributed by atoms with Gasteiger partial charge in [0, 0.05) is 12.3 Å². The molecule has 5 nitrogen and oxygen atoms in total. The number of anilines is 1. The number of carbonyl (C=O) groups excluding carboxylic acids is 1. The number of hydrogen-bond acceptors (Lipinski definition) is 4. The predicted octanol–water partition coefficient (Wildman–Crippen LogP) is 3.01. The van der Waals surface area contributed by atoms with Crippen molar-refractivity contribution >= 4 is 23.2 Å². The second-order valence-electron chi connectivity index (χ2n) is 4.25. The van der Waals surface area contributed by atoms with Gasteiger partial charge in [0.05, 0.1) is 22.5 Å². The topological polar surface area (TPSA) is 75.0 Å². The Labute approximate surface area is 127 Å². The highest BCUT2D eigenvalue weighted by molar-refractivity contribution is 6.30. The monoisotopic (exact) mass is 301 g/mol. The molecule has 2 aromatic rings. The quantitative estimate of drug-likeness (QED) is 0.942. The van der Waals surface area contributed by atoms with Gasteiger partial charge in [-0.1, -0.05) is 23.7 Å². The van der Waals surface area contributed by atoms with Crippen molar-refractivity contribution in [3.63, 3.8) is 0 Å². The highest BCUT2D eigenvalue weighted by atomic mass is 35.5. The number of amides is 1. The summed E-state index contributed by atoms with van der Waals surface area (Å²) in [6, 6.07) is 10.3. The molecule has 1 atom stereocenters. The van der Waals surface area contributed by atoms with E-state index in [1.165, 1.54) is 12.4 Å². The second kappa shape index (κ2) is 6.73. The predicted molar refractivity (Wildman–Crippen MR) is 79.1 cm³/mol. The zero-order chi connectivity index (χ0) is 15.2. The third-order valence-electron chi connectivity index (χ3n) is 2.67. The SMILES string of the molecule is CC(Oc1cncc(Cl)c1)C(=O)Nc1ccccc1C#N. The first kappa shape index (κ1) is 14.8. The molecule has 1 heterocycles. The summed E-state index contributed by atoms with van der Waals surface area (Å²) in [5.74, 6) is 0.0383. The van der Waals surface area contributed by atoms with Crippen molar-refractivity contribution in [3.8, 4) is 11.8 Å². The first-order valence-corrected chi connectivity index (χ1v) is 6.55. The van der Waals surface area contributed by atoms with Crippen molar-refractivity contribution in [2.75, 3.05) is 5.32 Å². The Morgan fingerprint density at radius 3 is 2.90 bits per heavy atom. The van der Waals surface area contributed by atoms with Crippen molar-refractivity contribution in [2.24, 2.45) is 0 Å². The minimum absolute atomic E-state index is 0.363. The fraction of sp³-hybridized carbons (Fsp3) is 0.133. The van der Waals surface area contributed by atoms with Crippen LogP contribution in [0.25, 0.3) is 0 Å². The van der Waals surface area contributed by atoms with Crippen LogP contribution < -0.4 is 10.1 Å². The lowest BCUT2D eigenvalue weighted by Gasteiger charge is -2.15. The molecule has 0 aliphatic rings. The van der Waals surface area contributed by atoms with Crippen LogP contribution in [-0.2, 0) is 4.79 Å². The summed E-state index contributed by atoms with van der Waals surface area (Å²) >= 11 is 5.80. The van der Waals surface area contributed by atoms with Crippen LogP contribution in [-0.4, -0.2) is 17.0 Å². The summed E-state index contributed by atoms with van der Waals surface area (Å²) in [5, 5.41) is 12.1. The number of carbonyl (C=O) groups is 1. The van der Waals surface area contributed by atoms with E-state index in [9.17, 15) is 4.79 Å². The molecule has 0 aliphatic carbocycles. The number of pyridine rings is 1. The van der Waals surface area contributed by atoms with E-state index in [2.05, 4.69) is 10.3 Å². The van der Waals surface area contributed by atoms with Gasteiger partial charge >= 0.3 is 0 Å². The fourth-order valence-corrected chi connectivity index (χ4v) is 1.80. The van der Waals surface area contributed by atoms with Crippen LogP contribution >= 0.6 is 11.6 Å². The Kier molecular flexibility index (Phi) is 4.75. The third kappa shape index (κ3) is 3.94. The molecule has 0 bridgehead atoms. The zero-order valence-corrected chi connectivity index (χ0v) is 12.0. The first-order valence-electron chi connectivity index (χ1n) is 6.17. The number of nitriles is 1. The first-order chi connectivity index (χ1) is 10.1. The molecule has 1 aromatic heterocycles. The van der Waals surface area contributed by atoms with E-state index in [-0.39, 0.29) is 5.91 Å². The molecule has 1 aromatic carbocycles. The minimum atomic E-state index is -0.753. The smallest absolute Gasteiger partial charge is 0.265 e. The highest BCUT2D eigenvalue weighted by Crippen LogP contribution is 2.18. The maximum atomic E-state index is 12.1. The van der Waals surface area contributed by atoms with Gasteiger partial charge < -0.3 is 10.1 Å². The van der Waals surface area contributed by atoms with E-state index in [0.717, 1.165) is 0 Å². The minimum Gasteiger partial charge on any atom is -0.479 e. The summed E-state index contributed by atoms with van der Waals surface area (Å²) < 4.78 is 5.46. The molecule has 0 radical (unpaired) electrons. The van der Waals surface area contributed by atoms with Crippen LogP contribution in [0, 0.1) is 11.3 Å². The Morgan fingerprint density at radius 1 is 1.43 bits per heavy atom. The lowest BCUT2D eigenvalue weighted by molar-refractivity contribution is -0.122. The molecule has 21 heavy (non-hydrogen) atoms. The Morgan fingerprint density at radius 2 is 2.19 bits per heavy atom. The average Bonchev–Trinajstić information content (AvgIpc) is 2.47. The Bertz CT molecular complexity index is 697. The largest absolute Gasteiger partial charge is 0.479 e. The van der Waals surface area contributed by atoms with Crippen molar-refractivity contribution in [2.45, 2.75) is 13.0 Å². The number of para-hydroxylation sites is 1. The van der Waals surface area contributed by atoms with Crippen LogP contribution in [0.1, 0.15) is 12.5 Å². The second-order valence-corrected chi connectivity index (χ2v) is 4.68. The van der Waals surface area contributed by atoms with E-state index in [4.69, 9.17) is 21.6 Å². The number of aromatic nitrogens is 1. The molecular weight excluding hydrogens is 290 g/mol. The van der Waals surface area contributed by atoms with Gasteiger partial charge in [0.2, 0.25) is 0 Å². The van der Waals surface area contributed by atoms with Gasteiger partial charge in [-0.3, -0.25) is 9.78 Å². The highest BCUT2D eigenvalue weighted by Gasteiger charge is 2.16. The number of nitrogens with zero attached hydrogens (tertiary/aromatic N) is 2. The van der Waals surface area contributed by atoms with E-state index in [1.807, 2.05) is 6.07 Å². The van der Waals surface area contributed by atoms with Crippen LogP contribution in [0.4, 0.5) is 5.69 Å². The van der Waals surface area contributed by atoms with E-state index in [1.54, 1.807) is 37.3 Å². The van der Waals surface area contributed by atoms with Gasteiger partial charge in [-0.05, 0) is 19.1 Å². The maximum absolute atomic E-state index is 12.1. The van der Waals surface area contributed by atoms with Gasteiger partial charge in [0.15, 0.2) is 6.10 Å². The maximum Gasteiger partial charge on any atom is 0.265 e. The van der Waals surface area contributed by atoms with Crippen LogP contribution in [0.2, 0.25) is 5.02 Å². The summed E-state index contributed by atoms with van der Waals surface area (Å²) in [5.41, 5.74) is 0.840. The molecule has 1 N–H and O–H groups in total. The van der Waals surface area contributed by atoms with Crippen LogP contribution in [0.15, 0.2) is 42.7 Å². The Hall–Kier alpha value is -2.58. The summed E-state index contributed by atoms with van der Waals surface area (Å²) in [7, 11) is 0. The lowest BCUT2D eigenvalue weighted by Crippen LogP contribution is -2.30. The molecule has 0 saturated heterocycles. The summed E-state index contributed by atoms with van der Waals surface area (Å²) in [4.78, 5) is 15.9. The van der Waals surface area contributed by atoms with Gasteiger partial charge in [0.1, 0.15) is 11.8 Å². The summed E-state index contributed by atoms with van der Waals surface area (Å²) in [6.07, 6.45) is 2.19. The molecule has 0 fully saturated rings. The zero-order valence-electron chi connectivity index (χ0n) is 11.2. The fourth-order valence-electron chi connectivity index (χ4n) is 1.64. The number of halogens is 1. The van der Waals surface area contributed by atoms with Crippen LogP contribution in [0.5, 0.6) is 5.75 Å². The van der Waals surface area contributed by atoms with Gasteiger partial charge in [-0.25, -0.2) is 0 Å². The molecule has 2 rings (SSSR count). The molecule has 1 amide bonds. The Balaban J connectivity index is 2.05. The number of ether oxygens (including phenoxy) is 1. The van der Waals surface area contributed by atoms with Crippen molar-refractivity contribution < 1.29 is 9.53 Å².